The molecule has 2 aliphatic heterocycles. The molecule has 0 atom stereocenters. The third kappa shape index (κ3) is 5.09. The van der Waals surface area contributed by atoms with Crippen molar-refractivity contribution >= 4 is 44.1 Å². The maximum absolute atomic E-state index is 5.22. The molecule has 9 rings (SSSR count). The fourth-order valence-corrected chi connectivity index (χ4v) is 7.45. The average molecular weight is 718 g/mol. The van der Waals surface area contributed by atoms with Crippen molar-refractivity contribution in [2.45, 2.75) is 55.4 Å². The van der Waals surface area contributed by atoms with Crippen molar-refractivity contribution < 1.29 is 17.1 Å². The Hall–Kier alpha value is -5.24. The van der Waals surface area contributed by atoms with E-state index in [9.17, 15) is 0 Å². The predicted molar refractivity (Wildman–Crippen MR) is 205 cm³/mol. The normalized spacial score (nSPS) is 11.5. The Morgan fingerprint density at radius 2 is 0.510 bits per heavy atom. The van der Waals surface area contributed by atoms with Gasteiger partial charge in [0.05, 0.1) is 23.3 Å². The molecule has 2 aliphatic rings. The van der Waals surface area contributed by atoms with E-state index in [4.69, 9.17) is 39.9 Å². The van der Waals surface area contributed by atoms with Crippen LogP contribution in [0.25, 0.3) is 89.7 Å². The Balaban J connectivity index is 0.00000149. The van der Waals surface area contributed by atoms with Crippen molar-refractivity contribution in [2.75, 3.05) is 0 Å². The zero-order chi connectivity index (χ0) is 33.2. The molecule has 0 amide bonds. The predicted octanol–water partition coefficient (Wildman–Crippen LogP) is 9.49. The Kier molecular flexibility index (Phi) is 8.73. The topological polar surface area (TPSA) is 106 Å². The maximum atomic E-state index is 5.22. The smallest absolute Gasteiger partial charge is 0.0930 e. The van der Waals surface area contributed by atoms with E-state index in [0.29, 0.717) is 45.9 Å². The molecule has 9 heteroatoms. The Morgan fingerprint density at radius 3 is 0.725 bits per heavy atom. The van der Waals surface area contributed by atoms with Gasteiger partial charge in [-0.25, -0.2) is 9.97 Å². The minimum absolute atomic E-state index is 0. The van der Waals surface area contributed by atoms with E-state index < -0.39 is 0 Å². The summed E-state index contributed by atoms with van der Waals surface area (Å²) < 4.78 is 0. The molecule has 8 nitrogen and oxygen atoms in total. The van der Waals surface area contributed by atoms with Crippen LogP contribution in [-0.4, -0.2) is 29.9 Å². The van der Waals surface area contributed by atoms with Crippen LogP contribution in [0.1, 0.15) is 44.5 Å². The van der Waals surface area contributed by atoms with Gasteiger partial charge in [-0.3, -0.25) is 0 Å². The van der Waals surface area contributed by atoms with Crippen molar-refractivity contribution in [3.63, 3.8) is 0 Å². The monoisotopic (exact) mass is 717 g/mol. The van der Waals surface area contributed by atoms with Gasteiger partial charge in [0.1, 0.15) is 0 Å². The van der Waals surface area contributed by atoms with E-state index in [0.717, 1.165) is 88.3 Å². The summed E-state index contributed by atoms with van der Waals surface area (Å²) in [5.74, 6) is 2.35. The molecular weight excluding hydrogens is 680 g/mol. The van der Waals surface area contributed by atoms with Crippen molar-refractivity contribution in [1.29, 1.82) is 0 Å². The number of aromatic nitrogens is 8. The molecule has 0 spiro atoms. The van der Waals surface area contributed by atoms with E-state index in [1.807, 2.05) is 0 Å². The van der Waals surface area contributed by atoms with Crippen molar-refractivity contribution in [1.82, 2.24) is 39.9 Å². The molecule has 0 aliphatic carbocycles. The number of rotatable bonds is 0. The molecule has 3 aromatic heterocycles. The first-order chi connectivity index (χ1) is 23.1. The van der Waals surface area contributed by atoms with Crippen LogP contribution in [0.2, 0.25) is 0 Å². The molecular formula is C42H38CuN8-4. The van der Waals surface area contributed by atoms with Gasteiger partial charge >= 0.3 is 0 Å². The molecule has 0 unspecified atom stereocenters. The van der Waals surface area contributed by atoms with Crippen LogP contribution >= 0.6 is 0 Å². The molecule has 0 saturated carbocycles. The standard InChI is InChI=1S/C40H32N8.2CH3.Cu/c1-17-9-10-18(2)26-25(17)33-41-34(26)46-36-29-21(5)13-14-22(6)30(29)38(43-36)48-40-32-24(8)16-15-23(7)31(32)39(44-40)47-37-28-20(4)12-11-19(3)27(28)35(42-37)45-33;;;/h9-16H,1-8H3;2*1H3;/q-2;2*-1;. The van der Waals surface area contributed by atoms with Gasteiger partial charge in [-0.15, -0.1) is 0 Å². The zero-order valence-corrected chi connectivity index (χ0v) is 31.4. The quantitative estimate of drug-likeness (QED) is 0.113. The van der Waals surface area contributed by atoms with Crippen molar-refractivity contribution in [3.8, 4) is 45.6 Å². The summed E-state index contributed by atoms with van der Waals surface area (Å²) in [6.45, 7) is 16.7. The molecule has 7 aromatic rings. The summed E-state index contributed by atoms with van der Waals surface area (Å²) in [7, 11) is 0. The van der Waals surface area contributed by atoms with Gasteiger partial charge in [0.2, 0.25) is 0 Å². The molecule has 261 valence electrons. The van der Waals surface area contributed by atoms with Crippen molar-refractivity contribution in [3.05, 3.63) is 108 Å². The molecule has 51 heavy (non-hydrogen) atoms. The second kappa shape index (κ2) is 12.5. The summed E-state index contributed by atoms with van der Waals surface area (Å²) >= 11 is 0. The Bertz CT molecular complexity index is 2400. The van der Waals surface area contributed by atoms with Crippen LogP contribution in [0.3, 0.4) is 0 Å². The van der Waals surface area contributed by atoms with Gasteiger partial charge in [0, 0.05) is 61.9 Å². The molecule has 4 aromatic carbocycles. The third-order valence-corrected chi connectivity index (χ3v) is 9.97. The maximum Gasteiger partial charge on any atom is 0.0930 e. The van der Waals surface area contributed by atoms with Crippen molar-refractivity contribution in [2.24, 2.45) is 0 Å². The van der Waals surface area contributed by atoms with Gasteiger partial charge in [-0.05, 0) is 121 Å². The number of aryl methyl sites for hydroxylation is 8. The Labute approximate surface area is 308 Å². The SMILES string of the molecule is Cc1ccc(C)c2c1-c1nc-2nc2[n-]c(nc3nc(nc4[n-]c(n1)c1c(C)ccc(C)c41)-c1c(C)ccc(C)c1-3)c1c(C)ccc(C)c21.[CH3-].[CH3-].[Cu]. The summed E-state index contributed by atoms with van der Waals surface area (Å²) in [5, 5.41) is 3.85. The van der Waals surface area contributed by atoms with E-state index in [-0.39, 0.29) is 31.9 Å². The molecule has 1 radical (unpaired) electrons. The molecule has 8 bridgehead atoms. The second-order valence-electron chi connectivity index (χ2n) is 13.3. The molecule has 5 heterocycles. The van der Waals surface area contributed by atoms with Crippen LogP contribution in [0.5, 0.6) is 0 Å². The summed E-state index contributed by atoms with van der Waals surface area (Å²) in [6.07, 6.45) is 0. The summed E-state index contributed by atoms with van der Waals surface area (Å²) in [6, 6.07) is 16.9. The number of benzene rings is 4. The van der Waals surface area contributed by atoms with Gasteiger partial charge in [0.15, 0.2) is 0 Å². The van der Waals surface area contributed by atoms with Crippen LogP contribution in [0.4, 0.5) is 0 Å². The third-order valence-electron chi connectivity index (χ3n) is 9.97. The van der Waals surface area contributed by atoms with Crippen LogP contribution in [0.15, 0.2) is 48.5 Å². The fraction of sp³-hybridized carbons (Fsp3) is 0.190. The number of nitrogens with zero attached hydrogens (tertiary/aromatic N) is 8. The van der Waals surface area contributed by atoms with Gasteiger partial charge in [-0.2, -0.15) is 0 Å². The van der Waals surface area contributed by atoms with E-state index in [2.05, 4.69) is 104 Å². The first-order valence-corrected chi connectivity index (χ1v) is 16.2. The Morgan fingerprint density at radius 1 is 0.314 bits per heavy atom. The van der Waals surface area contributed by atoms with E-state index >= 15 is 0 Å². The summed E-state index contributed by atoms with van der Waals surface area (Å²) in [4.78, 5) is 41.3. The number of hydrogen-bond donors (Lipinski definition) is 0. The minimum Gasteiger partial charge on any atom is -0.358 e. The summed E-state index contributed by atoms with van der Waals surface area (Å²) in [5.41, 5.74) is 14.8. The fourth-order valence-electron chi connectivity index (χ4n) is 7.45. The van der Waals surface area contributed by atoms with Crippen LogP contribution < -0.4 is 9.97 Å². The second-order valence-corrected chi connectivity index (χ2v) is 13.3. The minimum atomic E-state index is 0. The van der Waals surface area contributed by atoms with Gasteiger partial charge in [0.25, 0.3) is 0 Å². The largest absolute Gasteiger partial charge is 0.358 e. The van der Waals surface area contributed by atoms with Gasteiger partial charge < -0.3 is 44.8 Å². The number of hydrogen-bond acceptors (Lipinski definition) is 6. The first-order valence-electron chi connectivity index (χ1n) is 16.2. The van der Waals surface area contributed by atoms with E-state index in [1.165, 1.54) is 0 Å². The van der Waals surface area contributed by atoms with E-state index in [1.54, 1.807) is 0 Å². The molecule has 0 N–H and O–H groups in total. The zero-order valence-electron chi connectivity index (χ0n) is 30.5. The van der Waals surface area contributed by atoms with Crippen LogP contribution in [0, 0.1) is 70.2 Å². The molecule has 0 fully saturated rings. The van der Waals surface area contributed by atoms with Crippen LogP contribution in [-0.2, 0) is 17.1 Å². The first kappa shape index (κ1) is 35.6. The van der Waals surface area contributed by atoms with Gasteiger partial charge in [-0.1, -0.05) is 48.5 Å². The number of fused-ring (bicyclic) bond motifs is 20. The average Bonchev–Trinajstić information content (AvgIpc) is 3.80. The molecule has 0 saturated heterocycles.